The maximum Gasteiger partial charge on any atom is 0.254 e. The monoisotopic (exact) mass is 424 g/mol. The number of nitrogens with zero attached hydrogens (tertiary/aromatic N) is 3. The maximum atomic E-state index is 13.0. The van der Waals surface area contributed by atoms with Crippen molar-refractivity contribution < 1.29 is 14.0 Å². The molecule has 2 aliphatic rings. The number of amides is 2. The number of hydrogen-bond acceptors (Lipinski definition) is 4. The van der Waals surface area contributed by atoms with E-state index in [4.69, 9.17) is 0 Å². The first-order valence-electron chi connectivity index (χ1n) is 11.2. The van der Waals surface area contributed by atoms with Crippen molar-refractivity contribution in [1.82, 2.24) is 20.2 Å². The van der Waals surface area contributed by atoms with Crippen molar-refractivity contribution in [2.45, 2.75) is 57.9 Å². The summed E-state index contributed by atoms with van der Waals surface area (Å²) >= 11 is 0. The standard InChI is InChI=1S/C24H29FN4O2/c1-16-21(23(30)27-13-17-8-10-20(25)11-9-17)14-26-22(28-16)19-7-4-12-29(15-19)24(31)18-5-2-3-6-18/h8-11,14,18-19H,2-7,12-13,15H2,1H3,(H,27,30). The summed E-state index contributed by atoms with van der Waals surface area (Å²) < 4.78 is 13.0. The van der Waals surface area contributed by atoms with Crippen molar-refractivity contribution in [1.29, 1.82) is 0 Å². The van der Waals surface area contributed by atoms with Crippen molar-refractivity contribution in [2.24, 2.45) is 5.92 Å². The van der Waals surface area contributed by atoms with Gasteiger partial charge in [-0.2, -0.15) is 0 Å². The highest BCUT2D eigenvalue weighted by Crippen LogP contribution is 2.30. The van der Waals surface area contributed by atoms with Crippen molar-refractivity contribution >= 4 is 11.8 Å². The molecular weight excluding hydrogens is 395 g/mol. The molecule has 2 amide bonds. The molecule has 164 valence electrons. The third-order valence-corrected chi connectivity index (χ3v) is 6.41. The zero-order valence-electron chi connectivity index (χ0n) is 17.9. The quantitative estimate of drug-likeness (QED) is 0.793. The van der Waals surface area contributed by atoms with Crippen molar-refractivity contribution in [3.63, 3.8) is 0 Å². The fourth-order valence-electron chi connectivity index (χ4n) is 4.60. The second-order valence-corrected chi connectivity index (χ2v) is 8.64. The Morgan fingerprint density at radius 3 is 2.58 bits per heavy atom. The summed E-state index contributed by atoms with van der Waals surface area (Å²) in [5.74, 6) is 0.728. The molecule has 1 N–H and O–H groups in total. The van der Waals surface area contributed by atoms with E-state index in [0.29, 0.717) is 30.2 Å². The summed E-state index contributed by atoms with van der Waals surface area (Å²) in [6, 6.07) is 6.03. The second kappa shape index (κ2) is 9.54. The van der Waals surface area contributed by atoms with Crippen LogP contribution in [0.2, 0.25) is 0 Å². The molecule has 0 bridgehead atoms. The Morgan fingerprint density at radius 2 is 1.87 bits per heavy atom. The van der Waals surface area contributed by atoms with E-state index in [1.807, 2.05) is 11.8 Å². The van der Waals surface area contributed by atoms with Crippen LogP contribution in [0, 0.1) is 18.7 Å². The molecule has 2 heterocycles. The van der Waals surface area contributed by atoms with E-state index in [2.05, 4.69) is 15.3 Å². The van der Waals surface area contributed by atoms with Crippen LogP contribution < -0.4 is 5.32 Å². The lowest BCUT2D eigenvalue weighted by molar-refractivity contribution is -0.136. The molecule has 0 spiro atoms. The Labute approximate surface area is 182 Å². The van der Waals surface area contributed by atoms with Gasteiger partial charge < -0.3 is 10.2 Å². The number of halogens is 1. The molecule has 0 radical (unpaired) electrons. The SMILES string of the molecule is Cc1nc(C2CCCN(C(=O)C3CCCC3)C2)ncc1C(=O)NCc1ccc(F)cc1. The summed E-state index contributed by atoms with van der Waals surface area (Å²) in [5, 5.41) is 2.83. The van der Waals surface area contributed by atoms with E-state index >= 15 is 0 Å². The summed E-state index contributed by atoms with van der Waals surface area (Å²) in [6.07, 6.45) is 7.81. The number of hydrogen-bond donors (Lipinski definition) is 1. The normalized spacial score (nSPS) is 19.4. The van der Waals surface area contributed by atoms with Crippen LogP contribution in [-0.4, -0.2) is 39.8 Å². The number of carbonyl (C=O) groups excluding carboxylic acids is 2. The first kappa shape index (κ1) is 21.4. The van der Waals surface area contributed by atoms with Crippen LogP contribution >= 0.6 is 0 Å². The summed E-state index contributed by atoms with van der Waals surface area (Å²) in [4.78, 5) is 36.5. The fraction of sp³-hybridized carbons (Fsp3) is 0.500. The van der Waals surface area contributed by atoms with Gasteiger partial charge in [-0.3, -0.25) is 9.59 Å². The largest absolute Gasteiger partial charge is 0.348 e. The molecule has 4 rings (SSSR count). The number of nitrogens with one attached hydrogen (secondary N) is 1. The lowest BCUT2D eigenvalue weighted by Crippen LogP contribution is -2.42. The predicted molar refractivity (Wildman–Crippen MR) is 115 cm³/mol. The van der Waals surface area contributed by atoms with E-state index in [-0.39, 0.29) is 29.5 Å². The molecular formula is C24H29FN4O2. The van der Waals surface area contributed by atoms with Crippen LogP contribution in [0.5, 0.6) is 0 Å². The minimum atomic E-state index is -0.305. The summed E-state index contributed by atoms with van der Waals surface area (Å²) in [6.45, 7) is 3.59. The molecule has 6 nitrogen and oxygen atoms in total. The molecule has 1 unspecified atom stereocenters. The molecule has 1 aliphatic heterocycles. The second-order valence-electron chi connectivity index (χ2n) is 8.64. The lowest BCUT2D eigenvalue weighted by Gasteiger charge is -2.33. The third kappa shape index (κ3) is 5.09. The Balaban J connectivity index is 1.38. The van der Waals surface area contributed by atoms with E-state index in [9.17, 15) is 14.0 Å². The molecule has 1 aliphatic carbocycles. The van der Waals surface area contributed by atoms with Gasteiger partial charge in [-0.05, 0) is 50.3 Å². The molecule has 1 aromatic carbocycles. The highest BCUT2D eigenvalue weighted by Gasteiger charge is 2.32. The highest BCUT2D eigenvalue weighted by atomic mass is 19.1. The number of aryl methyl sites for hydroxylation is 1. The van der Waals surface area contributed by atoms with Gasteiger partial charge in [-0.25, -0.2) is 14.4 Å². The average Bonchev–Trinajstić information content (AvgIpc) is 3.33. The van der Waals surface area contributed by atoms with Gasteiger partial charge in [0.05, 0.1) is 11.3 Å². The Morgan fingerprint density at radius 1 is 1.13 bits per heavy atom. The number of likely N-dealkylation sites (tertiary alicyclic amines) is 1. The molecule has 7 heteroatoms. The van der Waals surface area contributed by atoms with Crippen LogP contribution in [0.15, 0.2) is 30.5 Å². The molecule has 31 heavy (non-hydrogen) atoms. The van der Waals surface area contributed by atoms with Crippen LogP contribution in [0.25, 0.3) is 0 Å². The number of piperidine rings is 1. The fourth-order valence-corrected chi connectivity index (χ4v) is 4.60. The average molecular weight is 425 g/mol. The Bertz CT molecular complexity index is 941. The number of carbonyl (C=O) groups is 2. The first-order chi connectivity index (χ1) is 15.0. The van der Waals surface area contributed by atoms with Gasteiger partial charge >= 0.3 is 0 Å². The smallest absolute Gasteiger partial charge is 0.254 e. The minimum Gasteiger partial charge on any atom is -0.348 e. The van der Waals surface area contributed by atoms with Gasteiger partial charge in [0.2, 0.25) is 5.91 Å². The van der Waals surface area contributed by atoms with E-state index in [1.54, 1.807) is 18.3 Å². The van der Waals surface area contributed by atoms with Crippen molar-refractivity contribution in [2.75, 3.05) is 13.1 Å². The molecule has 1 saturated carbocycles. The summed E-state index contributed by atoms with van der Waals surface area (Å²) in [7, 11) is 0. The summed E-state index contributed by atoms with van der Waals surface area (Å²) in [5.41, 5.74) is 1.88. The maximum absolute atomic E-state index is 13.0. The number of rotatable bonds is 5. The van der Waals surface area contributed by atoms with E-state index in [1.165, 1.54) is 12.1 Å². The first-order valence-corrected chi connectivity index (χ1v) is 11.2. The number of benzene rings is 1. The minimum absolute atomic E-state index is 0.106. The molecule has 2 aromatic rings. The van der Waals surface area contributed by atoms with Gasteiger partial charge in [0.15, 0.2) is 0 Å². The van der Waals surface area contributed by atoms with Gasteiger partial charge in [0, 0.05) is 37.7 Å². The van der Waals surface area contributed by atoms with Crippen molar-refractivity contribution in [3.05, 3.63) is 58.9 Å². The Kier molecular flexibility index (Phi) is 6.59. The van der Waals surface area contributed by atoms with Crippen LogP contribution in [0.1, 0.15) is 71.9 Å². The van der Waals surface area contributed by atoms with Gasteiger partial charge in [0.25, 0.3) is 5.91 Å². The molecule has 1 aromatic heterocycles. The van der Waals surface area contributed by atoms with Crippen molar-refractivity contribution in [3.8, 4) is 0 Å². The van der Waals surface area contributed by atoms with Crippen LogP contribution in [-0.2, 0) is 11.3 Å². The Hall–Kier alpha value is -2.83. The highest BCUT2D eigenvalue weighted by molar-refractivity contribution is 5.94. The van der Waals surface area contributed by atoms with Gasteiger partial charge in [0.1, 0.15) is 11.6 Å². The van der Waals surface area contributed by atoms with E-state index < -0.39 is 0 Å². The zero-order chi connectivity index (χ0) is 21.8. The third-order valence-electron chi connectivity index (χ3n) is 6.41. The zero-order valence-corrected chi connectivity index (χ0v) is 17.9. The van der Waals surface area contributed by atoms with Gasteiger partial charge in [-0.15, -0.1) is 0 Å². The van der Waals surface area contributed by atoms with E-state index in [0.717, 1.165) is 50.6 Å². The topological polar surface area (TPSA) is 75.2 Å². The molecule has 1 atom stereocenters. The molecule has 1 saturated heterocycles. The lowest BCUT2D eigenvalue weighted by atomic mass is 9.95. The van der Waals surface area contributed by atoms with Crippen LogP contribution in [0.3, 0.4) is 0 Å². The number of aromatic nitrogens is 2. The van der Waals surface area contributed by atoms with Gasteiger partial charge in [-0.1, -0.05) is 25.0 Å². The predicted octanol–water partition coefficient (Wildman–Crippen LogP) is 3.75. The molecule has 2 fully saturated rings. The van der Waals surface area contributed by atoms with Crippen LogP contribution in [0.4, 0.5) is 4.39 Å².